The van der Waals surface area contributed by atoms with Crippen LogP contribution < -0.4 is 10.1 Å². The number of hydrogen-bond donors (Lipinski definition) is 2. The number of benzene rings is 3. The summed E-state index contributed by atoms with van der Waals surface area (Å²) in [4.78, 5) is 7.92. The summed E-state index contributed by atoms with van der Waals surface area (Å²) in [6.45, 7) is 3.90. The van der Waals surface area contributed by atoms with E-state index in [1.54, 1.807) is 0 Å². The molecule has 0 atom stereocenters. The van der Waals surface area contributed by atoms with Gasteiger partial charge in [0.2, 0.25) is 0 Å². The van der Waals surface area contributed by atoms with Crippen molar-refractivity contribution in [2.45, 2.75) is 26.6 Å². The molecule has 0 unspecified atom stereocenters. The van der Waals surface area contributed by atoms with Gasteiger partial charge in [0.05, 0.1) is 17.6 Å². The van der Waals surface area contributed by atoms with Gasteiger partial charge in [0.15, 0.2) is 0 Å². The van der Waals surface area contributed by atoms with E-state index in [2.05, 4.69) is 34.3 Å². The summed E-state index contributed by atoms with van der Waals surface area (Å²) in [6, 6.07) is 22.0. The minimum atomic E-state index is 0.533. The highest BCUT2D eigenvalue weighted by atomic mass is 35.5. The fourth-order valence-corrected chi connectivity index (χ4v) is 3.35. The Kier molecular flexibility index (Phi) is 5.60. The lowest BCUT2D eigenvalue weighted by atomic mass is 10.1. The summed E-state index contributed by atoms with van der Waals surface area (Å²) in [5.74, 6) is 1.75. The summed E-state index contributed by atoms with van der Waals surface area (Å²) in [7, 11) is 0. The summed E-state index contributed by atoms with van der Waals surface area (Å²) in [5.41, 5.74) is 5.45. The van der Waals surface area contributed by atoms with E-state index in [9.17, 15) is 0 Å². The van der Waals surface area contributed by atoms with E-state index < -0.39 is 0 Å². The number of fused-ring (bicyclic) bond motifs is 1. The molecule has 4 aromatic rings. The zero-order valence-corrected chi connectivity index (χ0v) is 16.5. The van der Waals surface area contributed by atoms with Crippen LogP contribution in [0.1, 0.15) is 22.5 Å². The average Bonchev–Trinajstić information content (AvgIpc) is 3.11. The van der Waals surface area contributed by atoms with Crippen molar-refractivity contribution >= 4 is 22.6 Å². The van der Waals surface area contributed by atoms with Gasteiger partial charge in [-0.3, -0.25) is 0 Å². The van der Waals surface area contributed by atoms with E-state index in [1.807, 2.05) is 54.6 Å². The predicted octanol–water partition coefficient (Wildman–Crippen LogP) is 5.39. The lowest BCUT2D eigenvalue weighted by Gasteiger charge is -2.13. The molecule has 28 heavy (non-hydrogen) atoms. The van der Waals surface area contributed by atoms with E-state index in [-0.39, 0.29) is 0 Å². The van der Waals surface area contributed by atoms with Crippen molar-refractivity contribution < 1.29 is 4.74 Å². The normalized spacial score (nSPS) is 11.1. The number of halogens is 1. The molecule has 0 saturated heterocycles. The molecule has 4 nitrogen and oxygen atoms in total. The maximum absolute atomic E-state index is 6.21. The Balaban J connectivity index is 1.42. The SMILES string of the molecule is Cc1ccccc1COc1ccc(Cl)cc1CNCc1nc2ccccc2[nH]1. The minimum Gasteiger partial charge on any atom is -0.489 e. The molecule has 0 aliphatic carbocycles. The molecule has 5 heteroatoms. The quantitative estimate of drug-likeness (QED) is 0.444. The lowest BCUT2D eigenvalue weighted by Crippen LogP contribution is -2.14. The Morgan fingerprint density at radius 3 is 2.64 bits per heavy atom. The van der Waals surface area contributed by atoms with Crippen molar-refractivity contribution in [3.8, 4) is 5.75 Å². The van der Waals surface area contributed by atoms with Gasteiger partial charge in [-0.05, 0) is 48.4 Å². The van der Waals surface area contributed by atoms with Crippen molar-refractivity contribution in [1.29, 1.82) is 0 Å². The average molecular weight is 392 g/mol. The molecule has 0 saturated carbocycles. The number of aromatic nitrogens is 2. The molecule has 0 spiro atoms. The molecule has 0 aliphatic rings. The summed E-state index contributed by atoms with van der Waals surface area (Å²) in [6.07, 6.45) is 0. The number of rotatable bonds is 7. The van der Waals surface area contributed by atoms with Crippen LogP contribution in [0.2, 0.25) is 5.02 Å². The monoisotopic (exact) mass is 391 g/mol. The molecule has 0 aliphatic heterocycles. The fraction of sp³-hybridized carbons (Fsp3) is 0.174. The van der Waals surface area contributed by atoms with Gasteiger partial charge in [-0.1, -0.05) is 48.0 Å². The molecule has 2 N–H and O–H groups in total. The van der Waals surface area contributed by atoms with Crippen LogP contribution in [0.25, 0.3) is 11.0 Å². The number of ether oxygens (including phenoxy) is 1. The van der Waals surface area contributed by atoms with Crippen molar-refractivity contribution in [2.75, 3.05) is 0 Å². The van der Waals surface area contributed by atoms with Gasteiger partial charge in [-0.15, -0.1) is 0 Å². The number of aromatic amines is 1. The first-order valence-corrected chi connectivity index (χ1v) is 9.67. The zero-order valence-electron chi connectivity index (χ0n) is 15.7. The summed E-state index contributed by atoms with van der Waals surface area (Å²) < 4.78 is 6.09. The number of para-hydroxylation sites is 2. The predicted molar refractivity (Wildman–Crippen MR) is 114 cm³/mol. The van der Waals surface area contributed by atoms with Crippen LogP contribution in [-0.4, -0.2) is 9.97 Å². The second-order valence-electron chi connectivity index (χ2n) is 6.77. The largest absolute Gasteiger partial charge is 0.489 e. The van der Waals surface area contributed by atoms with E-state index in [0.717, 1.165) is 28.2 Å². The van der Waals surface area contributed by atoms with Crippen LogP contribution in [0, 0.1) is 6.92 Å². The Morgan fingerprint density at radius 1 is 0.964 bits per heavy atom. The maximum Gasteiger partial charge on any atom is 0.124 e. The van der Waals surface area contributed by atoms with E-state index in [4.69, 9.17) is 16.3 Å². The van der Waals surface area contributed by atoms with Crippen LogP contribution in [0.5, 0.6) is 5.75 Å². The van der Waals surface area contributed by atoms with Gasteiger partial charge in [0.25, 0.3) is 0 Å². The van der Waals surface area contributed by atoms with Gasteiger partial charge in [-0.25, -0.2) is 4.98 Å². The molecule has 3 aromatic carbocycles. The van der Waals surface area contributed by atoms with Crippen molar-refractivity contribution in [2.24, 2.45) is 0 Å². The van der Waals surface area contributed by atoms with Crippen molar-refractivity contribution in [1.82, 2.24) is 15.3 Å². The molecular formula is C23H22ClN3O. The topological polar surface area (TPSA) is 49.9 Å². The molecule has 0 radical (unpaired) electrons. The smallest absolute Gasteiger partial charge is 0.124 e. The standard InChI is InChI=1S/C23H22ClN3O/c1-16-6-2-3-7-17(16)15-28-22-11-10-19(24)12-18(22)13-25-14-23-26-20-8-4-5-9-21(20)27-23/h2-12,25H,13-15H2,1H3,(H,26,27). The molecule has 0 amide bonds. The summed E-state index contributed by atoms with van der Waals surface area (Å²) >= 11 is 6.21. The van der Waals surface area contributed by atoms with E-state index in [1.165, 1.54) is 11.1 Å². The highest BCUT2D eigenvalue weighted by Crippen LogP contribution is 2.24. The Morgan fingerprint density at radius 2 is 1.79 bits per heavy atom. The van der Waals surface area contributed by atoms with Crippen LogP contribution >= 0.6 is 11.6 Å². The number of imidazole rings is 1. The zero-order chi connectivity index (χ0) is 19.3. The molecular weight excluding hydrogens is 370 g/mol. The molecule has 1 heterocycles. The number of H-pyrrole nitrogens is 1. The van der Waals surface area contributed by atoms with Gasteiger partial charge < -0.3 is 15.0 Å². The Bertz CT molecular complexity index is 1060. The second kappa shape index (κ2) is 8.46. The maximum atomic E-state index is 6.21. The van der Waals surface area contributed by atoms with Crippen LogP contribution in [0.3, 0.4) is 0 Å². The van der Waals surface area contributed by atoms with E-state index in [0.29, 0.717) is 24.7 Å². The first kappa shape index (κ1) is 18.5. The number of nitrogens with zero attached hydrogens (tertiary/aromatic N) is 1. The van der Waals surface area contributed by atoms with Gasteiger partial charge in [0, 0.05) is 17.1 Å². The Hall–Kier alpha value is -2.82. The lowest BCUT2D eigenvalue weighted by molar-refractivity contribution is 0.301. The van der Waals surface area contributed by atoms with Crippen LogP contribution in [0.4, 0.5) is 0 Å². The third-order valence-electron chi connectivity index (χ3n) is 4.71. The Labute approximate surface area is 169 Å². The molecule has 0 bridgehead atoms. The van der Waals surface area contributed by atoms with Crippen molar-refractivity contribution in [3.05, 3.63) is 94.3 Å². The number of hydrogen-bond acceptors (Lipinski definition) is 3. The highest BCUT2D eigenvalue weighted by Gasteiger charge is 2.08. The third-order valence-corrected chi connectivity index (χ3v) is 4.95. The van der Waals surface area contributed by atoms with Gasteiger partial charge in [0.1, 0.15) is 18.2 Å². The first-order valence-electron chi connectivity index (χ1n) is 9.29. The molecule has 142 valence electrons. The number of aryl methyl sites for hydroxylation is 1. The second-order valence-corrected chi connectivity index (χ2v) is 7.21. The third kappa shape index (κ3) is 4.35. The van der Waals surface area contributed by atoms with E-state index >= 15 is 0 Å². The summed E-state index contributed by atoms with van der Waals surface area (Å²) in [5, 5.41) is 4.12. The van der Waals surface area contributed by atoms with Gasteiger partial charge in [-0.2, -0.15) is 0 Å². The molecule has 1 aromatic heterocycles. The first-order chi connectivity index (χ1) is 13.7. The van der Waals surface area contributed by atoms with Crippen molar-refractivity contribution in [3.63, 3.8) is 0 Å². The highest BCUT2D eigenvalue weighted by molar-refractivity contribution is 6.30. The molecule has 4 rings (SSSR count). The van der Waals surface area contributed by atoms with Gasteiger partial charge >= 0.3 is 0 Å². The van der Waals surface area contributed by atoms with Crippen LogP contribution in [0.15, 0.2) is 66.7 Å². The molecule has 0 fully saturated rings. The number of nitrogens with one attached hydrogen (secondary N) is 2. The fourth-order valence-electron chi connectivity index (χ4n) is 3.16. The minimum absolute atomic E-state index is 0.533. The van der Waals surface area contributed by atoms with Crippen LogP contribution in [-0.2, 0) is 19.7 Å².